The quantitative estimate of drug-likeness (QED) is 0.302. The largest absolute Gasteiger partial charge is 0.481 e. The molecule has 4 N–H and O–H groups in total. The van der Waals surface area contributed by atoms with Gasteiger partial charge in [0.05, 0.1) is 21.7 Å². The first-order chi connectivity index (χ1) is 17.8. The second-order valence-electron chi connectivity index (χ2n) is 10.7. The number of aryl methyl sites for hydroxylation is 1. The molecule has 2 atom stereocenters. The van der Waals surface area contributed by atoms with Crippen molar-refractivity contribution in [2.75, 3.05) is 11.9 Å². The van der Waals surface area contributed by atoms with E-state index in [1.54, 1.807) is 18.2 Å². The number of benzene rings is 1. The van der Waals surface area contributed by atoms with E-state index in [-0.39, 0.29) is 53.9 Å². The maximum atomic E-state index is 15.7. The summed E-state index contributed by atoms with van der Waals surface area (Å²) in [5.74, 6) is -1.58. The minimum absolute atomic E-state index is 0.000266. The zero-order valence-electron chi connectivity index (χ0n) is 21.8. The number of pyridine rings is 1. The van der Waals surface area contributed by atoms with Crippen LogP contribution in [0.15, 0.2) is 30.3 Å². The van der Waals surface area contributed by atoms with Crippen LogP contribution in [0.25, 0.3) is 0 Å². The maximum absolute atomic E-state index is 15.7. The molecule has 3 heterocycles. The average Bonchev–Trinajstić information content (AvgIpc) is 3.24. The molecule has 0 bridgehead atoms. The molecule has 11 heteroatoms. The van der Waals surface area contributed by atoms with Crippen molar-refractivity contribution in [1.82, 2.24) is 20.1 Å². The predicted molar refractivity (Wildman–Crippen MR) is 140 cm³/mol. The van der Waals surface area contributed by atoms with Crippen LogP contribution in [0.5, 0.6) is 0 Å². The number of carboxylic acids is 1. The van der Waals surface area contributed by atoms with Gasteiger partial charge in [0, 0.05) is 41.9 Å². The molecule has 0 aliphatic carbocycles. The molecule has 0 radical (unpaired) electrons. The molecule has 1 aromatic carbocycles. The van der Waals surface area contributed by atoms with Gasteiger partial charge in [-0.25, -0.2) is 13.8 Å². The molecular weight excluding hydrogens is 516 g/mol. The highest BCUT2D eigenvalue weighted by molar-refractivity contribution is 6.30. The molecule has 8 nitrogen and oxygen atoms in total. The number of carboxylic acid groups (broad SMARTS) is 1. The second-order valence-corrected chi connectivity index (χ2v) is 11.1. The van der Waals surface area contributed by atoms with Crippen LogP contribution in [0.1, 0.15) is 56.1 Å². The van der Waals surface area contributed by atoms with E-state index in [0.29, 0.717) is 17.9 Å². The number of hydrogen-bond donors (Lipinski definition) is 4. The van der Waals surface area contributed by atoms with E-state index in [1.807, 2.05) is 18.7 Å². The molecule has 0 amide bonds. The number of halogens is 3. The lowest BCUT2D eigenvalue weighted by Gasteiger charge is -2.43. The summed E-state index contributed by atoms with van der Waals surface area (Å²) in [6.45, 7) is 7.27. The van der Waals surface area contributed by atoms with Crippen LogP contribution >= 0.6 is 11.6 Å². The molecule has 1 aliphatic rings. The Labute approximate surface area is 225 Å². The SMILES string of the molecule is Cc1cc(Nc2cc(C(C)(C)O)c(F)c(C[C@@]3(C(=O)O)CCN(Cc4cccc(Cl)c4F)[C@H](C)C3)n2)n[nH]1. The van der Waals surface area contributed by atoms with Crippen molar-refractivity contribution >= 4 is 29.2 Å². The Hall–Kier alpha value is -3.08. The van der Waals surface area contributed by atoms with Gasteiger partial charge in [-0.3, -0.25) is 14.8 Å². The lowest BCUT2D eigenvalue weighted by Crippen LogP contribution is -2.50. The molecule has 204 valence electrons. The molecule has 0 saturated carbocycles. The number of aliphatic carboxylic acids is 1. The van der Waals surface area contributed by atoms with E-state index in [9.17, 15) is 19.4 Å². The number of likely N-dealkylation sites (tertiary alicyclic amines) is 1. The van der Waals surface area contributed by atoms with Crippen molar-refractivity contribution in [2.24, 2.45) is 5.41 Å². The number of anilines is 2. The summed E-state index contributed by atoms with van der Waals surface area (Å²) in [5.41, 5.74) is -1.64. The van der Waals surface area contributed by atoms with E-state index >= 15 is 4.39 Å². The molecule has 38 heavy (non-hydrogen) atoms. The van der Waals surface area contributed by atoms with Gasteiger partial charge in [0.25, 0.3) is 0 Å². The Balaban J connectivity index is 1.63. The van der Waals surface area contributed by atoms with Crippen molar-refractivity contribution in [3.63, 3.8) is 0 Å². The van der Waals surface area contributed by atoms with Crippen LogP contribution in [0.4, 0.5) is 20.4 Å². The standard InChI is InChI=1S/C27H32ClF2N5O3/c1-15-10-22(34-33-15)32-21-11-18(26(3,4)38)24(30)20(31-21)13-27(25(36)37)8-9-35(16(2)12-27)14-17-6-5-7-19(28)23(17)29/h5-7,10-11,16,38H,8-9,12-14H2,1-4H3,(H,36,37)(H2,31,32,33,34)/t16-,27-/m1/s1. The van der Waals surface area contributed by atoms with Gasteiger partial charge in [-0.05, 0) is 59.2 Å². The van der Waals surface area contributed by atoms with Gasteiger partial charge in [0.15, 0.2) is 11.6 Å². The summed E-state index contributed by atoms with van der Waals surface area (Å²) in [4.78, 5) is 19.0. The summed E-state index contributed by atoms with van der Waals surface area (Å²) < 4.78 is 30.2. The van der Waals surface area contributed by atoms with Crippen molar-refractivity contribution in [3.05, 3.63) is 69.5 Å². The summed E-state index contributed by atoms with van der Waals surface area (Å²) in [6, 6.07) is 7.73. The van der Waals surface area contributed by atoms with Crippen LogP contribution in [-0.2, 0) is 23.4 Å². The predicted octanol–water partition coefficient (Wildman–Crippen LogP) is 5.31. The van der Waals surface area contributed by atoms with Crippen molar-refractivity contribution in [3.8, 4) is 0 Å². The molecule has 3 aromatic rings. The molecule has 1 aliphatic heterocycles. The molecule has 0 spiro atoms. The average molecular weight is 548 g/mol. The highest BCUT2D eigenvalue weighted by atomic mass is 35.5. The van der Waals surface area contributed by atoms with E-state index in [2.05, 4.69) is 20.5 Å². The van der Waals surface area contributed by atoms with Crippen LogP contribution in [0.3, 0.4) is 0 Å². The zero-order chi connectivity index (χ0) is 27.8. The molecule has 2 aromatic heterocycles. The van der Waals surface area contributed by atoms with E-state index < -0.39 is 28.6 Å². The number of aromatic nitrogens is 3. The van der Waals surface area contributed by atoms with Gasteiger partial charge < -0.3 is 15.5 Å². The van der Waals surface area contributed by atoms with E-state index in [0.717, 1.165) is 5.69 Å². The van der Waals surface area contributed by atoms with Crippen LogP contribution in [-0.4, -0.2) is 48.9 Å². The minimum Gasteiger partial charge on any atom is -0.481 e. The van der Waals surface area contributed by atoms with Gasteiger partial charge in [-0.2, -0.15) is 5.10 Å². The maximum Gasteiger partial charge on any atom is 0.310 e. The van der Waals surface area contributed by atoms with Crippen molar-refractivity contribution < 1.29 is 23.8 Å². The Bertz CT molecular complexity index is 1340. The number of hydrogen-bond acceptors (Lipinski definition) is 6. The molecule has 4 rings (SSSR count). The normalized spacial score (nSPS) is 20.5. The second kappa shape index (κ2) is 10.6. The van der Waals surface area contributed by atoms with Crippen molar-refractivity contribution in [2.45, 2.75) is 65.1 Å². The number of aromatic amines is 1. The number of nitrogens with zero attached hydrogens (tertiary/aromatic N) is 3. The molecule has 1 fully saturated rings. The Morgan fingerprint density at radius 3 is 2.63 bits per heavy atom. The third-order valence-electron chi connectivity index (χ3n) is 7.20. The third kappa shape index (κ3) is 5.82. The first-order valence-electron chi connectivity index (χ1n) is 12.4. The van der Waals surface area contributed by atoms with Crippen LogP contribution in [0.2, 0.25) is 5.02 Å². The zero-order valence-corrected chi connectivity index (χ0v) is 22.5. The van der Waals surface area contributed by atoms with E-state index in [4.69, 9.17) is 11.6 Å². The number of aliphatic hydroxyl groups is 1. The monoisotopic (exact) mass is 547 g/mol. The number of carbonyl (C=O) groups is 1. The fourth-order valence-corrected chi connectivity index (χ4v) is 5.27. The first kappa shape index (κ1) is 27.9. The van der Waals surface area contributed by atoms with E-state index in [1.165, 1.54) is 26.0 Å². The fraction of sp³-hybridized carbons (Fsp3) is 0.444. The van der Waals surface area contributed by atoms with Crippen LogP contribution < -0.4 is 5.32 Å². The third-order valence-corrected chi connectivity index (χ3v) is 7.49. The van der Waals surface area contributed by atoms with Gasteiger partial charge in [0.1, 0.15) is 11.6 Å². The summed E-state index contributed by atoms with van der Waals surface area (Å²) in [7, 11) is 0. The first-order valence-corrected chi connectivity index (χ1v) is 12.8. The van der Waals surface area contributed by atoms with Gasteiger partial charge in [-0.1, -0.05) is 23.7 Å². The summed E-state index contributed by atoms with van der Waals surface area (Å²) in [6.07, 6.45) is 0.250. The van der Waals surface area contributed by atoms with Crippen LogP contribution in [0, 0.1) is 24.0 Å². The molecule has 0 unspecified atom stereocenters. The Morgan fingerprint density at radius 2 is 2.03 bits per heavy atom. The Morgan fingerprint density at radius 1 is 1.29 bits per heavy atom. The minimum atomic E-state index is -1.53. The lowest BCUT2D eigenvalue weighted by molar-refractivity contribution is -0.153. The number of rotatable bonds is 8. The van der Waals surface area contributed by atoms with Crippen molar-refractivity contribution in [1.29, 1.82) is 0 Å². The smallest absolute Gasteiger partial charge is 0.310 e. The summed E-state index contributed by atoms with van der Waals surface area (Å²) >= 11 is 5.93. The number of H-pyrrole nitrogens is 1. The van der Waals surface area contributed by atoms with Gasteiger partial charge >= 0.3 is 5.97 Å². The number of piperidine rings is 1. The molecular formula is C27H32ClF2N5O3. The Kier molecular flexibility index (Phi) is 7.79. The fourth-order valence-electron chi connectivity index (χ4n) is 5.07. The van der Waals surface area contributed by atoms with Gasteiger partial charge in [0.2, 0.25) is 0 Å². The van der Waals surface area contributed by atoms with Gasteiger partial charge in [-0.15, -0.1) is 0 Å². The lowest BCUT2D eigenvalue weighted by atomic mass is 9.72. The summed E-state index contributed by atoms with van der Waals surface area (Å²) in [5, 5.41) is 30.9. The topological polar surface area (TPSA) is 114 Å². The molecule has 1 saturated heterocycles. The number of nitrogens with one attached hydrogen (secondary N) is 2. The highest BCUT2D eigenvalue weighted by Gasteiger charge is 2.45. The highest BCUT2D eigenvalue weighted by Crippen LogP contribution is 2.40.